The van der Waals surface area contributed by atoms with Gasteiger partial charge in [0.2, 0.25) is 5.91 Å². The zero-order valence-electron chi connectivity index (χ0n) is 10.8. The zero-order chi connectivity index (χ0) is 13.5. The van der Waals surface area contributed by atoms with E-state index in [0.717, 1.165) is 0 Å². The Balaban J connectivity index is 2.48. The van der Waals surface area contributed by atoms with Crippen LogP contribution in [-0.4, -0.2) is 36.5 Å². The Hall–Kier alpha value is -2.04. The molecule has 0 fully saturated rings. The Morgan fingerprint density at radius 1 is 1.33 bits per heavy atom. The van der Waals surface area contributed by atoms with E-state index in [1.807, 2.05) is 13.0 Å². The maximum absolute atomic E-state index is 11.7. The molecule has 0 radical (unpaired) electrons. The molecule has 0 saturated carbocycles. The minimum absolute atomic E-state index is 0.150. The summed E-state index contributed by atoms with van der Waals surface area (Å²) >= 11 is 0. The van der Waals surface area contributed by atoms with E-state index in [0.29, 0.717) is 12.3 Å². The second-order valence-electron chi connectivity index (χ2n) is 3.92. The Morgan fingerprint density at radius 3 is 2.50 bits per heavy atom. The summed E-state index contributed by atoms with van der Waals surface area (Å²) in [6.07, 6.45) is -0.633. The molecule has 2 amide bonds. The Kier molecular flexibility index (Phi) is 5.17. The quantitative estimate of drug-likeness (QED) is 0.883. The molecule has 0 aliphatic carbocycles. The van der Waals surface area contributed by atoms with Gasteiger partial charge in [0.15, 0.2) is 0 Å². The first-order valence-electron chi connectivity index (χ1n) is 5.83. The van der Waals surface area contributed by atoms with Crippen LogP contribution in [-0.2, 0) is 4.79 Å². The summed E-state index contributed by atoms with van der Waals surface area (Å²) in [4.78, 5) is 24.8. The highest BCUT2D eigenvalue weighted by molar-refractivity contribution is 5.85. The third-order valence-corrected chi connectivity index (χ3v) is 2.51. The molecular formula is C13H18N2O3. The van der Waals surface area contributed by atoms with Crippen LogP contribution in [0.2, 0.25) is 0 Å². The van der Waals surface area contributed by atoms with E-state index in [9.17, 15) is 9.59 Å². The van der Waals surface area contributed by atoms with Crippen molar-refractivity contribution >= 4 is 12.0 Å². The number of nitrogens with one attached hydrogen (secondary N) is 1. The molecule has 0 saturated heterocycles. The molecular weight excluding hydrogens is 232 g/mol. The topological polar surface area (TPSA) is 58.6 Å². The molecule has 1 atom stereocenters. The minimum atomic E-state index is -0.633. The smallest absolute Gasteiger partial charge is 0.410 e. The lowest BCUT2D eigenvalue weighted by molar-refractivity contribution is -0.131. The number of hydrogen-bond donors (Lipinski definition) is 1. The molecule has 5 nitrogen and oxygen atoms in total. The van der Waals surface area contributed by atoms with E-state index in [4.69, 9.17) is 4.74 Å². The summed E-state index contributed by atoms with van der Waals surface area (Å²) in [5.74, 6) is 0.293. The number of benzene rings is 1. The van der Waals surface area contributed by atoms with Crippen LogP contribution in [0.15, 0.2) is 30.3 Å². The molecule has 0 bridgehead atoms. The minimum Gasteiger partial charge on any atom is -0.410 e. The lowest BCUT2D eigenvalue weighted by Gasteiger charge is -2.20. The molecule has 0 aliphatic heterocycles. The third kappa shape index (κ3) is 4.08. The van der Waals surface area contributed by atoms with Gasteiger partial charge in [0, 0.05) is 13.6 Å². The van der Waals surface area contributed by atoms with Crippen molar-refractivity contribution < 1.29 is 14.3 Å². The molecule has 1 unspecified atom stereocenters. The van der Waals surface area contributed by atoms with Crippen LogP contribution in [0.25, 0.3) is 0 Å². The lowest BCUT2D eigenvalue weighted by Crippen LogP contribution is -2.46. The van der Waals surface area contributed by atoms with E-state index >= 15 is 0 Å². The third-order valence-electron chi connectivity index (χ3n) is 2.51. The van der Waals surface area contributed by atoms with Gasteiger partial charge in [-0.3, -0.25) is 4.79 Å². The van der Waals surface area contributed by atoms with Gasteiger partial charge in [-0.25, -0.2) is 4.79 Å². The fourth-order valence-corrected chi connectivity index (χ4v) is 1.35. The maximum atomic E-state index is 11.7. The average molecular weight is 250 g/mol. The van der Waals surface area contributed by atoms with Crippen molar-refractivity contribution in [2.75, 3.05) is 13.6 Å². The predicted molar refractivity (Wildman–Crippen MR) is 68.4 cm³/mol. The first-order chi connectivity index (χ1) is 8.54. The Bertz CT molecular complexity index is 406. The van der Waals surface area contributed by atoms with Crippen molar-refractivity contribution in [3.8, 4) is 5.75 Å². The van der Waals surface area contributed by atoms with Gasteiger partial charge in [0.25, 0.3) is 0 Å². The summed E-state index contributed by atoms with van der Waals surface area (Å²) < 4.78 is 5.03. The van der Waals surface area contributed by atoms with Crippen LogP contribution in [0.3, 0.4) is 0 Å². The highest BCUT2D eigenvalue weighted by atomic mass is 16.6. The summed E-state index contributed by atoms with van der Waals surface area (Å²) in [7, 11) is 1.68. The number of para-hydroxylation sites is 1. The molecule has 1 aromatic carbocycles. The van der Waals surface area contributed by atoms with Crippen LogP contribution < -0.4 is 10.1 Å². The molecule has 5 heteroatoms. The maximum Gasteiger partial charge on any atom is 0.413 e. The standard InChI is InChI=1S/C13H18N2O3/c1-4-15(3)12(16)10(2)14-13(17)18-11-8-6-5-7-9-11/h5-10H,4H2,1-3H3,(H,14,17). The van der Waals surface area contributed by atoms with E-state index in [1.54, 1.807) is 38.2 Å². The molecule has 0 heterocycles. The van der Waals surface area contributed by atoms with Crippen molar-refractivity contribution in [1.82, 2.24) is 10.2 Å². The number of nitrogens with zero attached hydrogens (tertiary/aromatic N) is 1. The summed E-state index contributed by atoms with van der Waals surface area (Å²) in [5, 5.41) is 2.49. The molecule has 98 valence electrons. The fourth-order valence-electron chi connectivity index (χ4n) is 1.35. The van der Waals surface area contributed by atoms with Gasteiger partial charge >= 0.3 is 6.09 Å². The average Bonchev–Trinajstić information content (AvgIpc) is 2.37. The summed E-state index contributed by atoms with van der Waals surface area (Å²) in [5.41, 5.74) is 0. The largest absolute Gasteiger partial charge is 0.413 e. The monoisotopic (exact) mass is 250 g/mol. The van der Waals surface area contributed by atoms with Gasteiger partial charge in [-0.2, -0.15) is 0 Å². The molecule has 0 aromatic heterocycles. The SMILES string of the molecule is CCN(C)C(=O)C(C)NC(=O)Oc1ccccc1. The van der Waals surface area contributed by atoms with Crippen LogP contribution in [0.5, 0.6) is 5.75 Å². The zero-order valence-corrected chi connectivity index (χ0v) is 10.8. The molecule has 1 N–H and O–H groups in total. The normalized spacial score (nSPS) is 11.5. The van der Waals surface area contributed by atoms with E-state index in [2.05, 4.69) is 5.32 Å². The summed E-state index contributed by atoms with van der Waals surface area (Å²) in [6, 6.07) is 8.09. The fraction of sp³-hybridized carbons (Fsp3) is 0.385. The lowest BCUT2D eigenvalue weighted by atomic mass is 10.3. The van der Waals surface area contributed by atoms with E-state index in [1.165, 1.54) is 4.90 Å². The number of carbonyl (C=O) groups excluding carboxylic acids is 2. The second kappa shape index (κ2) is 6.64. The predicted octanol–water partition coefficient (Wildman–Crippen LogP) is 1.64. The van der Waals surface area contributed by atoms with Crippen molar-refractivity contribution in [3.05, 3.63) is 30.3 Å². The van der Waals surface area contributed by atoms with Gasteiger partial charge in [-0.15, -0.1) is 0 Å². The van der Waals surface area contributed by atoms with Crippen molar-refractivity contribution in [1.29, 1.82) is 0 Å². The van der Waals surface area contributed by atoms with Crippen molar-refractivity contribution in [3.63, 3.8) is 0 Å². The van der Waals surface area contributed by atoms with E-state index < -0.39 is 12.1 Å². The van der Waals surface area contributed by atoms with Gasteiger partial charge in [-0.1, -0.05) is 18.2 Å². The number of amides is 2. The second-order valence-corrected chi connectivity index (χ2v) is 3.92. The number of rotatable bonds is 4. The van der Waals surface area contributed by atoms with Gasteiger partial charge in [0.05, 0.1) is 0 Å². The van der Waals surface area contributed by atoms with Crippen LogP contribution >= 0.6 is 0 Å². The molecule has 1 rings (SSSR count). The van der Waals surface area contributed by atoms with E-state index in [-0.39, 0.29) is 5.91 Å². The number of carbonyl (C=O) groups is 2. The Morgan fingerprint density at radius 2 is 1.94 bits per heavy atom. The van der Waals surface area contributed by atoms with Crippen LogP contribution in [0.4, 0.5) is 4.79 Å². The van der Waals surface area contributed by atoms with Gasteiger partial charge < -0.3 is 15.0 Å². The van der Waals surface area contributed by atoms with Crippen LogP contribution in [0.1, 0.15) is 13.8 Å². The first-order valence-corrected chi connectivity index (χ1v) is 5.83. The molecule has 18 heavy (non-hydrogen) atoms. The van der Waals surface area contributed by atoms with Crippen LogP contribution in [0, 0.1) is 0 Å². The van der Waals surface area contributed by atoms with Crippen molar-refractivity contribution in [2.24, 2.45) is 0 Å². The molecule has 0 aliphatic rings. The summed E-state index contributed by atoms with van der Waals surface area (Å²) in [6.45, 7) is 4.09. The number of ether oxygens (including phenoxy) is 1. The number of likely N-dealkylation sites (N-methyl/N-ethyl adjacent to an activating group) is 1. The van der Waals surface area contributed by atoms with Crippen molar-refractivity contribution in [2.45, 2.75) is 19.9 Å². The Labute approximate surface area is 107 Å². The highest BCUT2D eigenvalue weighted by Crippen LogP contribution is 2.08. The number of hydrogen-bond acceptors (Lipinski definition) is 3. The molecule has 0 spiro atoms. The van der Waals surface area contributed by atoms with Gasteiger partial charge in [-0.05, 0) is 26.0 Å². The highest BCUT2D eigenvalue weighted by Gasteiger charge is 2.19. The first kappa shape index (κ1) is 14.0. The van der Waals surface area contributed by atoms with Gasteiger partial charge in [0.1, 0.15) is 11.8 Å². The molecule has 1 aromatic rings.